The number of rotatable bonds is 6. The first-order valence-corrected chi connectivity index (χ1v) is 9.54. The number of hydrogen-bond donors (Lipinski definition) is 1. The lowest BCUT2D eigenvalue weighted by Crippen LogP contribution is -2.28. The Morgan fingerprint density at radius 1 is 0.963 bits per heavy atom. The van der Waals surface area contributed by atoms with Gasteiger partial charge in [-0.15, -0.1) is 12.4 Å². The SMILES string of the molecule is CCN(CC)CC(O)c1cc(-c2ccc(Cl)cc2)nc2cc(Cl)ccc12.Cl. The summed E-state index contributed by atoms with van der Waals surface area (Å²) in [5, 5.41) is 13.1. The Bertz CT molecular complexity index is 896. The van der Waals surface area contributed by atoms with Crippen LogP contribution in [0.25, 0.3) is 22.2 Å². The van der Waals surface area contributed by atoms with Crippen LogP contribution in [0.2, 0.25) is 10.0 Å². The molecule has 0 aliphatic carbocycles. The summed E-state index contributed by atoms with van der Waals surface area (Å²) in [6, 6.07) is 15.1. The maximum atomic E-state index is 10.9. The van der Waals surface area contributed by atoms with E-state index in [1.54, 1.807) is 0 Å². The molecule has 0 bridgehead atoms. The van der Waals surface area contributed by atoms with E-state index in [-0.39, 0.29) is 12.4 Å². The van der Waals surface area contributed by atoms with Gasteiger partial charge < -0.3 is 10.0 Å². The summed E-state index contributed by atoms with van der Waals surface area (Å²) in [5.41, 5.74) is 3.39. The second kappa shape index (κ2) is 9.72. The van der Waals surface area contributed by atoms with E-state index < -0.39 is 6.10 Å². The largest absolute Gasteiger partial charge is 0.387 e. The number of aromatic nitrogens is 1. The molecule has 2 aromatic carbocycles. The minimum absolute atomic E-state index is 0. The molecule has 0 aliphatic heterocycles. The second-order valence-electron chi connectivity index (χ2n) is 6.27. The van der Waals surface area contributed by atoms with E-state index in [0.717, 1.165) is 40.8 Å². The number of aliphatic hydroxyl groups excluding tert-OH is 1. The van der Waals surface area contributed by atoms with Crippen molar-refractivity contribution in [3.8, 4) is 11.3 Å². The molecule has 0 spiro atoms. The average molecular weight is 426 g/mol. The van der Waals surface area contributed by atoms with Crippen LogP contribution in [-0.2, 0) is 0 Å². The molecule has 1 atom stereocenters. The lowest BCUT2D eigenvalue weighted by molar-refractivity contribution is 0.120. The zero-order valence-electron chi connectivity index (χ0n) is 15.3. The van der Waals surface area contributed by atoms with E-state index in [1.165, 1.54) is 0 Å². The van der Waals surface area contributed by atoms with Crippen molar-refractivity contribution in [2.45, 2.75) is 20.0 Å². The highest BCUT2D eigenvalue weighted by atomic mass is 35.5. The zero-order valence-corrected chi connectivity index (χ0v) is 17.7. The third-order valence-electron chi connectivity index (χ3n) is 4.63. The van der Waals surface area contributed by atoms with E-state index in [1.807, 2.05) is 48.5 Å². The van der Waals surface area contributed by atoms with Gasteiger partial charge in [-0.2, -0.15) is 0 Å². The van der Waals surface area contributed by atoms with Crippen molar-refractivity contribution < 1.29 is 5.11 Å². The predicted octanol–water partition coefficient (Wildman–Crippen LogP) is 6.01. The first-order valence-electron chi connectivity index (χ1n) is 8.78. The molecule has 0 fully saturated rings. The summed E-state index contributed by atoms with van der Waals surface area (Å²) in [5.74, 6) is 0. The zero-order chi connectivity index (χ0) is 18.7. The highest BCUT2D eigenvalue weighted by Gasteiger charge is 2.17. The van der Waals surface area contributed by atoms with Crippen molar-refractivity contribution in [2.75, 3.05) is 19.6 Å². The summed E-state index contributed by atoms with van der Waals surface area (Å²) in [4.78, 5) is 6.95. The van der Waals surface area contributed by atoms with Gasteiger partial charge in [-0.25, -0.2) is 4.98 Å². The number of aliphatic hydroxyl groups is 1. The first-order chi connectivity index (χ1) is 12.5. The van der Waals surface area contributed by atoms with Crippen LogP contribution in [0.5, 0.6) is 0 Å². The minimum Gasteiger partial charge on any atom is -0.387 e. The summed E-state index contributed by atoms with van der Waals surface area (Å²) >= 11 is 12.2. The number of nitrogens with zero attached hydrogens (tertiary/aromatic N) is 2. The van der Waals surface area contributed by atoms with Gasteiger partial charge in [0, 0.05) is 27.5 Å². The number of fused-ring (bicyclic) bond motifs is 1. The van der Waals surface area contributed by atoms with Gasteiger partial charge in [0.05, 0.1) is 17.3 Å². The fourth-order valence-corrected chi connectivity index (χ4v) is 3.39. The number of benzene rings is 2. The van der Waals surface area contributed by atoms with Gasteiger partial charge >= 0.3 is 0 Å². The highest BCUT2D eigenvalue weighted by molar-refractivity contribution is 6.31. The van der Waals surface area contributed by atoms with Crippen molar-refractivity contribution in [1.82, 2.24) is 9.88 Å². The van der Waals surface area contributed by atoms with Gasteiger partial charge in [0.25, 0.3) is 0 Å². The third-order valence-corrected chi connectivity index (χ3v) is 5.12. The monoisotopic (exact) mass is 424 g/mol. The normalized spacial score (nSPS) is 12.2. The van der Waals surface area contributed by atoms with Crippen LogP contribution in [0.3, 0.4) is 0 Å². The van der Waals surface area contributed by atoms with Crippen molar-refractivity contribution in [1.29, 1.82) is 0 Å². The van der Waals surface area contributed by atoms with Crippen LogP contribution in [0.1, 0.15) is 25.5 Å². The first kappa shape index (κ1) is 21.9. The quantitative estimate of drug-likeness (QED) is 0.525. The molecular formula is C21H23Cl3N2O. The molecule has 1 N–H and O–H groups in total. The highest BCUT2D eigenvalue weighted by Crippen LogP contribution is 2.31. The van der Waals surface area contributed by atoms with Crippen LogP contribution in [0.15, 0.2) is 48.5 Å². The lowest BCUT2D eigenvalue weighted by Gasteiger charge is -2.23. The molecule has 3 rings (SSSR count). The van der Waals surface area contributed by atoms with Crippen LogP contribution in [0.4, 0.5) is 0 Å². The maximum absolute atomic E-state index is 10.9. The number of likely N-dealkylation sites (N-methyl/N-ethyl adjacent to an activating group) is 1. The van der Waals surface area contributed by atoms with Crippen LogP contribution in [-0.4, -0.2) is 34.6 Å². The molecule has 0 radical (unpaired) electrons. The van der Waals surface area contributed by atoms with Crippen molar-refractivity contribution in [3.05, 3.63) is 64.1 Å². The van der Waals surface area contributed by atoms with E-state index in [4.69, 9.17) is 28.2 Å². The van der Waals surface area contributed by atoms with Crippen LogP contribution >= 0.6 is 35.6 Å². The Balaban J connectivity index is 0.00000261. The molecule has 1 aromatic heterocycles. The number of hydrogen-bond acceptors (Lipinski definition) is 3. The molecule has 0 aliphatic rings. The summed E-state index contributed by atoms with van der Waals surface area (Å²) < 4.78 is 0. The molecule has 0 amide bonds. The Labute approximate surface area is 176 Å². The van der Waals surface area contributed by atoms with Crippen molar-refractivity contribution in [3.63, 3.8) is 0 Å². The van der Waals surface area contributed by atoms with Crippen LogP contribution < -0.4 is 0 Å². The van der Waals surface area contributed by atoms with Gasteiger partial charge in [0.15, 0.2) is 0 Å². The summed E-state index contributed by atoms with van der Waals surface area (Å²) in [6.45, 7) is 6.56. The molecule has 0 saturated carbocycles. The topological polar surface area (TPSA) is 36.4 Å². The van der Waals surface area contributed by atoms with Gasteiger partial charge in [0.1, 0.15) is 0 Å². The van der Waals surface area contributed by atoms with Gasteiger partial charge in [0.2, 0.25) is 0 Å². The average Bonchev–Trinajstić information content (AvgIpc) is 2.65. The van der Waals surface area contributed by atoms with Gasteiger partial charge in [-0.1, -0.05) is 55.2 Å². The number of halogens is 3. The van der Waals surface area contributed by atoms with Crippen LogP contribution in [0, 0.1) is 0 Å². The Morgan fingerprint density at radius 3 is 2.22 bits per heavy atom. The van der Waals surface area contributed by atoms with Crippen molar-refractivity contribution in [2.24, 2.45) is 0 Å². The Morgan fingerprint density at radius 2 is 1.59 bits per heavy atom. The predicted molar refractivity (Wildman–Crippen MR) is 117 cm³/mol. The van der Waals surface area contributed by atoms with Gasteiger partial charge in [-0.3, -0.25) is 0 Å². The number of pyridine rings is 1. The maximum Gasteiger partial charge on any atom is 0.0924 e. The molecule has 1 unspecified atom stereocenters. The molecule has 0 saturated heterocycles. The lowest BCUT2D eigenvalue weighted by atomic mass is 10.00. The van der Waals surface area contributed by atoms with Gasteiger partial charge in [-0.05, 0) is 49.0 Å². The fourth-order valence-electron chi connectivity index (χ4n) is 3.10. The Hall–Kier alpha value is -1.36. The van der Waals surface area contributed by atoms with E-state index >= 15 is 0 Å². The van der Waals surface area contributed by atoms with E-state index in [9.17, 15) is 5.11 Å². The molecular weight excluding hydrogens is 403 g/mol. The Kier molecular flexibility index (Phi) is 7.90. The van der Waals surface area contributed by atoms with E-state index in [2.05, 4.69) is 18.7 Å². The molecule has 1 heterocycles. The van der Waals surface area contributed by atoms with E-state index in [0.29, 0.717) is 16.6 Å². The smallest absolute Gasteiger partial charge is 0.0924 e. The third kappa shape index (κ3) is 5.13. The summed E-state index contributed by atoms with van der Waals surface area (Å²) in [6.07, 6.45) is -0.604. The molecule has 6 heteroatoms. The van der Waals surface area contributed by atoms with Crippen molar-refractivity contribution >= 4 is 46.5 Å². The second-order valence-corrected chi connectivity index (χ2v) is 7.14. The fraction of sp³-hybridized carbons (Fsp3) is 0.286. The minimum atomic E-state index is -0.604. The standard InChI is InChI=1S/C21H22Cl2N2O.ClH/c1-3-25(4-2)13-21(26)18-12-19(14-5-7-15(22)8-6-14)24-20-11-16(23)9-10-17(18)20;/h5-12,21,26H,3-4,13H2,1-2H3;1H. The molecule has 3 nitrogen and oxygen atoms in total. The molecule has 3 aromatic rings. The summed E-state index contributed by atoms with van der Waals surface area (Å²) in [7, 11) is 0. The molecule has 27 heavy (non-hydrogen) atoms. The molecule has 144 valence electrons.